The van der Waals surface area contributed by atoms with E-state index < -0.39 is 5.76 Å². The number of aromatic nitrogens is 1. The lowest BCUT2D eigenvalue weighted by atomic mass is 10.1. The van der Waals surface area contributed by atoms with Gasteiger partial charge in [0.05, 0.1) is 5.52 Å². The van der Waals surface area contributed by atoms with Crippen molar-refractivity contribution >= 4 is 22.7 Å². The second-order valence-corrected chi connectivity index (χ2v) is 4.64. The van der Waals surface area contributed by atoms with Crippen LogP contribution in [0.3, 0.4) is 0 Å². The molecule has 2 aromatic carbocycles. The Balaban J connectivity index is 1.88. The lowest BCUT2D eigenvalue weighted by molar-refractivity contribution is 0.102. The van der Waals surface area contributed by atoms with E-state index in [0.29, 0.717) is 27.9 Å². The minimum Gasteiger partial charge on any atom is -0.408 e. The molecule has 106 valence electrons. The number of hydrogen-bond donors (Lipinski definition) is 2. The highest BCUT2D eigenvalue weighted by molar-refractivity contribution is 6.05. The summed E-state index contributed by atoms with van der Waals surface area (Å²) in [7, 11) is 0. The zero-order valence-electron chi connectivity index (χ0n) is 11.1. The average Bonchev–Trinajstić information content (AvgIpc) is 2.81. The molecule has 5 nitrogen and oxygen atoms in total. The van der Waals surface area contributed by atoms with Gasteiger partial charge in [0.25, 0.3) is 5.91 Å². The van der Waals surface area contributed by atoms with Crippen LogP contribution in [0.15, 0.2) is 45.6 Å². The van der Waals surface area contributed by atoms with Crippen LogP contribution in [-0.2, 0) is 0 Å². The Morgan fingerprint density at radius 2 is 2.05 bits per heavy atom. The maximum absolute atomic E-state index is 13.2. The van der Waals surface area contributed by atoms with Crippen molar-refractivity contribution < 1.29 is 13.6 Å². The molecule has 1 heterocycles. The molecule has 6 heteroatoms. The predicted octanol–water partition coefficient (Wildman–Crippen LogP) is 2.82. The molecule has 2 N–H and O–H groups in total. The zero-order valence-corrected chi connectivity index (χ0v) is 11.1. The average molecular weight is 286 g/mol. The number of benzene rings is 2. The first kappa shape index (κ1) is 13.1. The van der Waals surface area contributed by atoms with Crippen LogP contribution < -0.4 is 11.1 Å². The van der Waals surface area contributed by atoms with Gasteiger partial charge in [-0.05, 0) is 48.9 Å². The summed E-state index contributed by atoms with van der Waals surface area (Å²) in [5.74, 6) is -1.27. The van der Waals surface area contributed by atoms with Gasteiger partial charge in [0, 0.05) is 11.3 Å². The molecule has 0 aliphatic rings. The highest BCUT2D eigenvalue weighted by Gasteiger charge is 2.09. The fourth-order valence-electron chi connectivity index (χ4n) is 2.02. The number of H-pyrrole nitrogens is 1. The van der Waals surface area contributed by atoms with Gasteiger partial charge in [0.15, 0.2) is 5.58 Å². The molecular formula is C15H11FN2O3. The number of fused-ring (bicyclic) bond motifs is 1. The summed E-state index contributed by atoms with van der Waals surface area (Å²) in [5, 5.41) is 2.68. The Labute approximate surface area is 118 Å². The monoisotopic (exact) mass is 286 g/mol. The molecule has 0 saturated carbocycles. The van der Waals surface area contributed by atoms with Gasteiger partial charge in [-0.15, -0.1) is 0 Å². The Kier molecular flexibility index (Phi) is 3.06. The Hall–Kier alpha value is -2.89. The van der Waals surface area contributed by atoms with Crippen LogP contribution in [0.4, 0.5) is 10.1 Å². The number of carbonyl (C=O) groups is 1. The van der Waals surface area contributed by atoms with E-state index in [1.807, 2.05) is 0 Å². The first-order chi connectivity index (χ1) is 10.0. The van der Waals surface area contributed by atoms with E-state index in [1.54, 1.807) is 25.1 Å². The van der Waals surface area contributed by atoms with Crippen molar-refractivity contribution in [3.8, 4) is 0 Å². The molecule has 0 radical (unpaired) electrons. The fourth-order valence-corrected chi connectivity index (χ4v) is 2.02. The maximum Gasteiger partial charge on any atom is 0.417 e. The van der Waals surface area contributed by atoms with Gasteiger partial charge in [-0.3, -0.25) is 9.78 Å². The molecule has 0 aliphatic heterocycles. The van der Waals surface area contributed by atoms with Crippen molar-refractivity contribution in [2.24, 2.45) is 0 Å². The molecule has 0 atom stereocenters. The topological polar surface area (TPSA) is 75.1 Å². The van der Waals surface area contributed by atoms with Gasteiger partial charge in [-0.25, -0.2) is 9.18 Å². The summed E-state index contributed by atoms with van der Waals surface area (Å²) in [5.41, 5.74) is 2.17. The largest absolute Gasteiger partial charge is 0.417 e. The number of hydrogen-bond acceptors (Lipinski definition) is 3. The number of anilines is 1. The molecule has 0 saturated heterocycles. The van der Waals surface area contributed by atoms with E-state index >= 15 is 0 Å². The number of rotatable bonds is 2. The fraction of sp³-hybridized carbons (Fsp3) is 0.0667. The summed E-state index contributed by atoms with van der Waals surface area (Å²) in [6, 6.07) is 8.93. The maximum atomic E-state index is 13.2. The van der Waals surface area contributed by atoms with Crippen molar-refractivity contribution in [1.82, 2.24) is 4.98 Å². The molecule has 0 aliphatic carbocycles. The van der Waals surface area contributed by atoms with Gasteiger partial charge >= 0.3 is 5.76 Å². The van der Waals surface area contributed by atoms with E-state index in [4.69, 9.17) is 4.42 Å². The van der Waals surface area contributed by atoms with Gasteiger partial charge < -0.3 is 9.73 Å². The van der Waals surface area contributed by atoms with Crippen LogP contribution >= 0.6 is 0 Å². The molecule has 1 amide bonds. The zero-order chi connectivity index (χ0) is 15.0. The van der Waals surface area contributed by atoms with E-state index in [2.05, 4.69) is 10.3 Å². The minimum absolute atomic E-state index is 0.356. The van der Waals surface area contributed by atoms with Gasteiger partial charge in [-0.2, -0.15) is 0 Å². The van der Waals surface area contributed by atoms with Crippen molar-refractivity contribution in [2.75, 3.05) is 5.32 Å². The second-order valence-electron chi connectivity index (χ2n) is 4.64. The lowest BCUT2D eigenvalue weighted by Gasteiger charge is -2.06. The number of amides is 1. The van der Waals surface area contributed by atoms with Crippen molar-refractivity contribution in [1.29, 1.82) is 0 Å². The quantitative estimate of drug-likeness (QED) is 0.760. The van der Waals surface area contributed by atoms with E-state index in [9.17, 15) is 14.0 Å². The first-order valence-corrected chi connectivity index (χ1v) is 6.23. The van der Waals surface area contributed by atoms with Crippen molar-refractivity contribution in [3.63, 3.8) is 0 Å². The van der Waals surface area contributed by atoms with Gasteiger partial charge in [0.2, 0.25) is 0 Å². The third kappa shape index (κ3) is 2.55. The molecule has 0 spiro atoms. The van der Waals surface area contributed by atoms with Gasteiger partial charge in [-0.1, -0.05) is 0 Å². The number of carbonyl (C=O) groups excluding carboxylic acids is 1. The van der Waals surface area contributed by atoms with Gasteiger partial charge in [0.1, 0.15) is 5.82 Å². The molecular weight excluding hydrogens is 275 g/mol. The Morgan fingerprint density at radius 1 is 1.24 bits per heavy atom. The van der Waals surface area contributed by atoms with E-state index in [0.717, 1.165) is 0 Å². The van der Waals surface area contributed by atoms with E-state index in [-0.39, 0.29) is 11.7 Å². The predicted molar refractivity (Wildman–Crippen MR) is 75.9 cm³/mol. The summed E-state index contributed by atoms with van der Waals surface area (Å²) in [4.78, 5) is 25.7. The molecule has 0 bridgehead atoms. The van der Waals surface area contributed by atoms with Crippen molar-refractivity contribution in [2.45, 2.75) is 6.92 Å². The number of nitrogens with one attached hydrogen (secondary N) is 2. The summed E-state index contributed by atoms with van der Waals surface area (Å²) >= 11 is 0. The number of halogens is 1. The highest BCUT2D eigenvalue weighted by Crippen LogP contribution is 2.17. The van der Waals surface area contributed by atoms with Crippen LogP contribution in [0.25, 0.3) is 11.1 Å². The minimum atomic E-state index is -0.553. The molecule has 1 aromatic heterocycles. The van der Waals surface area contributed by atoms with Crippen LogP contribution in [-0.4, -0.2) is 10.9 Å². The molecule has 0 fully saturated rings. The second kappa shape index (κ2) is 4.90. The Bertz CT molecular complexity index is 895. The normalized spacial score (nSPS) is 10.8. The third-order valence-electron chi connectivity index (χ3n) is 3.10. The third-order valence-corrected chi connectivity index (χ3v) is 3.10. The number of aryl methyl sites for hydroxylation is 1. The SMILES string of the molecule is Cc1cc(C(=O)Nc2ccc3oc(=O)[nH]c3c2)ccc1F. The number of aromatic amines is 1. The first-order valence-electron chi connectivity index (χ1n) is 6.23. The molecule has 3 aromatic rings. The smallest absolute Gasteiger partial charge is 0.408 e. The summed E-state index contributed by atoms with van der Waals surface area (Å²) < 4.78 is 18.1. The standard InChI is InChI=1S/C15H11FN2O3/c1-8-6-9(2-4-11(8)16)14(19)17-10-3-5-13-12(7-10)18-15(20)21-13/h2-7H,1H3,(H,17,19)(H,18,20). The molecule has 21 heavy (non-hydrogen) atoms. The highest BCUT2D eigenvalue weighted by atomic mass is 19.1. The van der Waals surface area contributed by atoms with Crippen LogP contribution in [0, 0.1) is 12.7 Å². The molecule has 0 unspecified atom stereocenters. The molecule has 3 rings (SSSR count). The van der Waals surface area contributed by atoms with Crippen LogP contribution in [0.2, 0.25) is 0 Å². The summed E-state index contributed by atoms with van der Waals surface area (Å²) in [6.45, 7) is 1.59. The van der Waals surface area contributed by atoms with E-state index in [1.165, 1.54) is 18.2 Å². The summed E-state index contributed by atoms with van der Waals surface area (Å²) in [6.07, 6.45) is 0. The number of oxazole rings is 1. The van der Waals surface area contributed by atoms with Crippen LogP contribution in [0.5, 0.6) is 0 Å². The van der Waals surface area contributed by atoms with Crippen molar-refractivity contribution in [3.05, 3.63) is 63.9 Å². The van der Waals surface area contributed by atoms with Crippen LogP contribution in [0.1, 0.15) is 15.9 Å². The Morgan fingerprint density at radius 3 is 2.81 bits per heavy atom. The lowest BCUT2D eigenvalue weighted by Crippen LogP contribution is -2.12.